The lowest BCUT2D eigenvalue weighted by molar-refractivity contribution is -0.148. The minimum atomic E-state index is -1.04. The number of hydrogen-bond donors (Lipinski definition) is 1. The third-order valence-corrected chi connectivity index (χ3v) is 8.50. The predicted octanol–water partition coefficient (Wildman–Crippen LogP) is 4.43. The molecule has 6 atom stereocenters. The van der Waals surface area contributed by atoms with Crippen LogP contribution >= 0.6 is 0 Å². The summed E-state index contributed by atoms with van der Waals surface area (Å²) < 4.78 is 5.45. The van der Waals surface area contributed by atoms with Crippen LogP contribution in [0.3, 0.4) is 0 Å². The fraction of sp³-hybridized carbons (Fsp3) is 0.655. The van der Waals surface area contributed by atoms with Gasteiger partial charge in [-0.05, 0) is 68.6 Å². The van der Waals surface area contributed by atoms with E-state index in [1.165, 1.54) is 23.7 Å². The summed E-state index contributed by atoms with van der Waals surface area (Å²) in [6, 6.07) is 6.75. The Hall–Kier alpha value is -1.85. The number of ether oxygens (including phenoxy) is 1. The zero-order chi connectivity index (χ0) is 24.6. The fourth-order valence-electron chi connectivity index (χ4n) is 6.48. The van der Waals surface area contributed by atoms with Crippen molar-refractivity contribution in [3.8, 4) is 0 Å². The highest BCUT2D eigenvalue weighted by Gasteiger charge is 2.53. The van der Waals surface area contributed by atoms with Crippen molar-refractivity contribution in [3.63, 3.8) is 0 Å². The molecule has 1 N–H and O–H groups in total. The van der Waals surface area contributed by atoms with Gasteiger partial charge in [-0.15, -0.1) is 0 Å². The Morgan fingerprint density at radius 1 is 1.21 bits per heavy atom. The predicted molar refractivity (Wildman–Crippen MR) is 137 cm³/mol. The van der Waals surface area contributed by atoms with Crippen LogP contribution in [0.15, 0.2) is 29.8 Å². The van der Waals surface area contributed by atoms with E-state index < -0.39 is 11.7 Å². The van der Waals surface area contributed by atoms with Crippen molar-refractivity contribution in [1.82, 2.24) is 4.90 Å². The van der Waals surface area contributed by atoms with E-state index in [1.807, 2.05) is 6.92 Å². The average Bonchev–Trinajstić information content (AvgIpc) is 2.76. The van der Waals surface area contributed by atoms with Crippen molar-refractivity contribution in [1.29, 1.82) is 0 Å². The van der Waals surface area contributed by atoms with Crippen LogP contribution in [-0.2, 0) is 9.53 Å². The van der Waals surface area contributed by atoms with Crippen LogP contribution in [0.2, 0.25) is 0 Å². The van der Waals surface area contributed by atoms with E-state index in [9.17, 15) is 9.90 Å². The summed E-state index contributed by atoms with van der Waals surface area (Å²) in [5, 5.41) is 11.7. The second-order valence-corrected chi connectivity index (χ2v) is 11.1. The largest absolute Gasteiger partial charge is 0.457 e. The van der Waals surface area contributed by atoms with Crippen LogP contribution in [0, 0.1) is 43.9 Å². The van der Waals surface area contributed by atoms with Gasteiger partial charge in [0.15, 0.2) is 0 Å². The first kappa shape index (κ1) is 25.2. The molecule has 0 spiro atoms. The summed E-state index contributed by atoms with van der Waals surface area (Å²) in [5.74, 6) is 0.645. The van der Waals surface area contributed by atoms with Gasteiger partial charge in [0.2, 0.25) is 0 Å². The molecule has 1 saturated carbocycles. The highest BCUT2D eigenvalue weighted by molar-refractivity contribution is 5.66. The molecule has 0 aromatic heterocycles. The maximum atomic E-state index is 11.7. The zero-order valence-electron chi connectivity index (χ0n) is 21.8. The lowest BCUT2D eigenvalue weighted by Crippen LogP contribution is -2.57. The van der Waals surface area contributed by atoms with Gasteiger partial charge >= 0.3 is 5.97 Å². The van der Waals surface area contributed by atoms with E-state index in [2.05, 4.69) is 68.2 Å². The minimum Gasteiger partial charge on any atom is -0.457 e. The summed E-state index contributed by atoms with van der Waals surface area (Å²) in [5.41, 5.74) is 3.98. The summed E-state index contributed by atoms with van der Waals surface area (Å²) in [6.07, 6.45) is 7.02. The number of rotatable bonds is 5. The zero-order valence-corrected chi connectivity index (χ0v) is 21.8. The second kappa shape index (κ2) is 10.0. The number of carbonyl (C=O) groups is 1. The summed E-state index contributed by atoms with van der Waals surface area (Å²) in [4.78, 5) is 16.7. The standard InChI is InChI=1S/C29H42N2O3/c1-19-7-10-27(20(2)15-19)31-13-11-30(12-14-31)18-22(4)25-9-8-23(5)29(33)17-28(34-24(6)32)21(3)16-26(25)29/h7,10,15-16,22-23,25-26,28,33H,8-9,11-14,18H2,1-6H3/t22-,23-,25+,26-,28-,29-/m1/s1. The molecule has 1 saturated heterocycles. The lowest BCUT2D eigenvalue weighted by atomic mass is 9.57. The van der Waals surface area contributed by atoms with Gasteiger partial charge in [0, 0.05) is 51.3 Å². The van der Waals surface area contributed by atoms with E-state index in [0.717, 1.165) is 51.1 Å². The smallest absolute Gasteiger partial charge is 0.303 e. The van der Waals surface area contributed by atoms with E-state index >= 15 is 0 Å². The van der Waals surface area contributed by atoms with Gasteiger partial charge < -0.3 is 14.7 Å². The molecule has 0 amide bonds. The van der Waals surface area contributed by atoms with Gasteiger partial charge in [0.25, 0.3) is 0 Å². The first-order valence-corrected chi connectivity index (χ1v) is 13.0. The van der Waals surface area contributed by atoms with Crippen LogP contribution in [0.5, 0.6) is 0 Å². The molecule has 0 bridgehead atoms. The number of carbonyl (C=O) groups excluding carboxylic acids is 1. The van der Waals surface area contributed by atoms with E-state index in [1.54, 1.807) is 0 Å². The van der Waals surface area contributed by atoms with Crippen molar-refractivity contribution in [3.05, 3.63) is 47.4 Å². The second-order valence-electron chi connectivity index (χ2n) is 11.1. The highest BCUT2D eigenvalue weighted by Crippen LogP contribution is 2.50. The van der Waals surface area contributed by atoms with Gasteiger partial charge in [-0.2, -0.15) is 0 Å². The third-order valence-electron chi connectivity index (χ3n) is 8.50. The molecule has 0 unspecified atom stereocenters. The Morgan fingerprint density at radius 3 is 2.56 bits per heavy atom. The Morgan fingerprint density at radius 2 is 1.91 bits per heavy atom. The normalized spacial score (nSPS) is 33.1. The number of aryl methyl sites for hydroxylation is 2. The molecule has 1 aromatic carbocycles. The van der Waals surface area contributed by atoms with E-state index in [4.69, 9.17) is 4.74 Å². The van der Waals surface area contributed by atoms with Gasteiger partial charge in [-0.3, -0.25) is 9.69 Å². The molecule has 1 aliphatic heterocycles. The minimum absolute atomic E-state index is 0.0227. The monoisotopic (exact) mass is 466 g/mol. The van der Waals surface area contributed by atoms with Gasteiger partial charge in [0.05, 0.1) is 12.0 Å². The SMILES string of the molecule is CC(=O)O[C@@H]1[C][C@@]2(O)[C@H](C)CC[C@@H]([C@H](C)CN3CCN(c4ccc(C)cc4C)CC3)[C@H]2C=C1C. The van der Waals surface area contributed by atoms with E-state index in [0.29, 0.717) is 11.8 Å². The molecule has 3 aliphatic rings. The maximum absolute atomic E-state index is 11.7. The maximum Gasteiger partial charge on any atom is 0.303 e. The number of piperazine rings is 1. The molecule has 2 fully saturated rings. The molecule has 5 nitrogen and oxygen atoms in total. The van der Waals surface area contributed by atoms with E-state index in [-0.39, 0.29) is 17.8 Å². The molecular weight excluding hydrogens is 424 g/mol. The summed E-state index contributed by atoms with van der Waals surface area (Å²) in [7, 11) is 0. The third kappa shape index (κ3) is 5.06. The van der Waals surface area contributed by atoms with Gasteiger partial charge in [-0.1, -0.05) is 37.6 Å². The number of esters is 1. The lowest BCUT2D eigenvalue weighted by Gasteiger charge is -2.53. The van der Waals surface area contributed by atoms with Crippen molar-refractivity contribution in [2.24, 2.45) is 23.7 Å². The number of benzene rings is 1. The van der Waals surface area contributed by atoms with Crippen LogP contribution in [0.25, 0.3) is 0 Å². The topological polar surface area (TPSA) is 53.0 Å². The van der Waals surface area contributed by atoms with Crippen LogP contribution < -0.4 is 4.90 Å². The van der Waals surface area contributed by atoms with Crippen LogP contribution in [0.1, 0.15) is 51.7 Å². The molecule has 1 aromatic rings. The van der Waals surface area contributed by atoms with Crippen molar-refractivity contribution >= 4 is 11.7 Å². The quantitative estimate of drug-likeness (QED) is 0.514. The summed E-state index contributed by atoms with van der Waals surface area (Å²) >= 11 is 0. The molecule has 4 rings (SSSR count). The van der Waals surface area contributed by atoms with Crippen molar-refractivity contribution in [2.75, 3.05) is 37.6 Å². The number of nitrogens with zero attached hydrogens (tertiary/aromatic N) is 2. The van der Waals surface area contributed by atoms with Crippen LogP contribution in [-0.4, -0.2) is 60.4 Å². The van der Waals surface area contributed by atoms with Gasteiger partial charge in [0.1, 0.15) is 6.10 Å². The highest BCUT2D eigenvalue weighted by atomic mass is 16.5. The van der Waals surface area contributed by atoms with Gasteiger partial charge in [-0.25, -0.2) is 0 Å². The molecule has 186 valence electrons. The molecule has 2 radical (unpaired) electrons. The molecule has 2 aliphatic carbocycles. The number of fused-ring (bicyclic) bond motifs is 1. The number of hydrogen-bond acceptors (Lipinski definition) is 5. The Bertz CT molecular complexity index is 920. The number of aliphatic hydroxyl groups is 1. The van der Waals surface area contributed by atoms with Crippen molar-refractivity contribution < 1.29 is 14.6 Å². The molecule has 5 heteroatoms. The molecule has 34 heavy (non-hydrogen) atoms. The average molecular weight is 467 g/mol. The Kier molecular flexibility index (Phi) is 7.44. The first-order valence-electron chi connectivity index (χ1n) is 13.0. The Balaban J connectivity index is 1.41. The fourth-order valence-corrected chi connectivity index (χ4v) is 6.48. The Labute approximate surface area is 206 Å². The molecular formula is C29H42N2O3. The van der Waals surface area contributed by atoms with Crippen LogP contribution in [0.4, 0.5) is 5.69 Å². The number of anilines is 1. The summed E-state index contributed by atoms with van der Waals surface area (Å²) in [6.45, 7) is 17.5. The first-order chi connectivity index (χ1) is 16.1. The van der Waals surface area contributed by atoms with Crippen molar-refractivity contribution in [2.45, 2.75) is 66.1 Å². The molecule has 1 heterocycles.